The average Bonchev–Trinajstić information content (AvgIpc) is 3.13. The van der Waals surface area contributed by atoms with Crippen molar-refractivity contribution < 1.29 is 24.9 Å². The van der Waals surface area contributed by atoms with Gasteiger partial charge in [-0.2, -0.15) is 0 Å². The first-order valence-corrected chi connectivity index (χ1v) is 13.9. The zero-order chi connectivity index (χ0) is 24.7. The molecule has 0 aliphatic heterocycles. The molecule has 4 aliphatic carbocycles. The lowest BCUT2D eigenvalue weighted by Crippen LogP contribution is -2.58. The Labute approximate surface area is 205 Å². The van der Waals surface area contributed by atoms with Crippen molar-refractivity contribution >= 4 is 11.9 Å². The number of rotatable bonds is 8. The van der Waals surface area contributed by atoms with Crippen molar-refractivity contribution in [3.05, 3.63) is 0 Å². The van der Waals surface area contributed by atoms with E-state index in [9.17, 15) is 19.8 Å². The summed E-state index contributed by atoms with van der Waals surface area (Å²) in [5.74, 6) is 2.21. The number of carboxylic acid groups (broad SMARTS) is 1. The van der Waals surface area contributed by atoms with E-state index in [2.05, 4.69) is 26.1 Å². The Bertz CT molecular complexity index is 757. The minimum atomic E-state index is -0.824. The van der Waals surface area contributed by atoms with E-state index in [1.807, 2.05) is 0 Å². The summed E-state index contributed by atoms with van der Waals surface area (Å²) in [5.41, 5.74) is 0.490. The molecule has 194 valence electrons. The zero-order valence-electron chi connectivity index (χ0n) is 21.5. The Balaban J connectivity index is 1.36. The first kappa shape index (κ1) is 25.9. The highest BCUT2D eigenvalue weighted by Crippen LogP contribution is 2.68. The third-order valence-electron chi connectivity index (χ3n) is 11.1. The molecule has 0 unspecified atom stereocenters. The molecule has 1 amide bonds. The van der Waals surface area contributed by atoms with Crippen molar-refractivity contribution in [3.63, 3.8) is 0 Å². The number of aliphatic hydroxyl groups is 2. The van der Waals surface area contributed by atoms with Crippen LogP contribution in [0.15, 0.2) is 0 Å². The molecular formula is C28H47NO5. The maximum atomic E-state index is 12.3. The van der Waals surface area contributed by atoms with E-state index < -0.39 is 5.97 Å². The number of nitrogens with one attached hydrogen (secondary N) is 1. The standard InChI is InChI=1S/C28H47NO5/c1-17(6-9-24(32)29-14-4-5-25(33)34)20-7-8-21-26-22(11-13-28(20,21)3)27(2)12-10-19(30)15-18(27)16-23(26)31/h17-23,26,30-31H,4-16H2,1-3H3,(H,29,32)(H,33,34)/t17-,18+,19-,20-,21+,22+,23+,26+,27+,28-/m1/s1. The van der Waals surface area contributed by atoms with Gasteiger partial charge in [0, 0.05) is 19.4 Å². The van der Waals surface area contributed by atoms with Gasteiger partial charge in [0.2, 0.25) is 5.91 Å². The van der Waals surface area contributed by atoms with Gasteiger partial charge in [-0.25, -0.2) is 0 Å². The largest absolute Gasteiger partial charge is 0.481 e. The van der Waals surface area contributed by atoms with Gasteiger partial charge in [0.25, 0.3) is 0 Å². The molecule has 0 heterocycles. The van der Waals surface area contributed by atoms with Crippen LogP contribution in [0.3, 0.4) is 0 Å². The highest BCUT2D eigenvalue weighted by atomic mass is 16.4. The zero-order valence-corrected chi connectivity index (χ0v) is 21.5. The lowest BCUT2D eigenvalue weighted by molar-refractivity contribution is -0.174. The van der Waals surface area contributed by atoms with Gasteiger partial charge in [0.1, 0.15) is 0 Å². The van der Waals surface area contributed by atoms with Crippen LogP contribution in [0.1, 0.15) is 97.8 Å². The third-order valence-corrected chi connectivity index (χ3v) is 11.1. The summed E-state index contributed by atoms with van der Waals surface area (Å²) in [6, 6.07) is 0. The minimum Gasteiger partial charge on any atom is -0.481 e. The molecule has 34 heavy (non-hydrogen) atoms. The molecule has 0 radical (unpaired) electrons. The normalized spacial score (nSPS) is 44.4. The first-order valence-electron chi connectivity index (χ1n) is 13.9. The van der Waals surface area contributed by atoms with Crippen LogP contribution in [0.25, 0.3) is 0 Å². The smallest absolute Gasteiger partial charge is 0.303 e. The van der Waals surface area contributed by atoms with E-state index in [0.29, 0.717) is 54.9 Å². The molecule has 4 rings (SSSR count). The summed E-state index contributed by atoms with van der Waals surface area (Å²) >= 11 is 0. The molecule has 4 aliphatic rings. The average molecular weight is 478 g/mol. The summed E-state index contributed by atoms with van der Waals surface area (Å²) < 4.78 is 0. The second-order valence-corrected chi connectivity index (χ2v) is 12.8. The summed E-state index contributed by atoms with van der Waals surface area (Å²) in [6.07, 6.45) is 9.99. The van der Waals surface area contributed by atoms with Gasteiger partial charge in [-0.1, -0.05) is 20.8 Å². The molecular weight excluding hydrogens is 430 g/mol. The van der Waals surface area contributed by atoms with Crippen LogP contribution >= 0.6 is 0 Å². The van der Waals surface area contributed by atoms with Gasteiger partial charge in [-0.05, 0) is 111 Å². The Morgan fingerprint density at radius 2 is 1.68 bits per heavy atom. The number of amides is 1. The van der Waals surface area contributed by atoms with Gasteiger partial charge >= 0.3 is 5.97 Å². The van der Waals surface area contributed by atoms with Crippen molar-refractivity contribution in [2.24, 2.45) is 46.3 Å². The van der Waals surface area contributed by atoms with Crippen molar-refractivity contribution in [3.8, 4) is 0 Å². The fourth-order valence-corrected chi connectivity index (χ4v) is 9.29. The topological polar surface area (TPSA) is 107 Å². The number of carbonyl (C=O) groups is 2. The number of carboxylic acids is 1. The predicted molar refractivity (Wildman–Crippen MR) is 131 cm³/mol. The Morgan fingerprint density at radius 3 is 2.41 bits per heavy atom. The van der Waals surface area contributed by atoms with Gasteiger partial charge in [-0.15, -0.1) is 0 Å². The molecule has 6 heteroatoms. The molecule has 0 aromatic carbocycles. The molecule has 10 atom stereocenters. The fraction of sp³-hybridized carbons (Fsp3) is 0.929. The maximum Gasteiger partial charge on any atom is 0.303 e. The highest BCUT2D eigenvalue weighted by Gasteiger charge is 2.62. The number of carbonyl (C=O) groups excluding carboxylic acids is 1. The lowest BCUT2D eigenvalue weighted by atomic mass is 9.43. The summed E-state index contributed by atoms with van der Waals surface area (Å²) in [7, 11) is 0. The Morgan fingerprint density at radius 1 is 0.971 bits per heavy atom. The molecule has 6 nitrogen and oxygen atoms in total. The molecule has 4 saturated carbocycles. The van der Waals surface area contributed by atoms with Crippen LogP contribution in [0, 0.1) is 46.3 Å². The molecule has 4 fully saturated rings. The molecule has 0 aromatic heterocycles. The maximum absolute atomic E-state index is 12.3. The van der Waals surface area contributed by atoms with Gasteiger partial charge in [0.05, 0.1) is 12.2 Å². The van der Waals surface area contributed by atoms with Gasteiger partial charge in [0.15, 0.2) is 0 Å². The van der Waals surface area contributed by atoms with Gasteiger partial charge < -0.3 is 20.6 Å². The minimum absolute atomic E-state index is 0.0294. The Hall–Kier alpha value is -1.14. The molecule has 4 N–H and O–H groups in total. The molecule has 0 spiro atoms. The van der Waals surface area contributed by atoms with Crippen molar-refractivity contribution in [1.82, 2.24) is 5.32 Å². The lowest BCUT2D eigenvalue weighted by Gasteiger charge is -2.62. The van der Waals surface area contributed by atoms with Crippen molar-refractivity contribution in [2.45, 2.75) is 110 Å². The van der Waals surface area contributed by atoms with Crippen LogP contribution < -0.4 is 5.32 Å². The SMILES string of the molecule is C[C@H](CCC(=O)NCCCC(=O)O)[C@H]1CC[C@H]2[C@@H]3[C@@H](O)C[C@@H]4C[C@H](O)CC[C@]4(C)[C@H]3CC[C@]12C. The van der Waals surface area contributed by atoms with Crippen molar-refractivity contribution in [2.75, 3.05) is 6.54 Å². The number of aliphatic carboxylic acids is 1. The Kier molecular flexibility index (Phi) is 7.69. The van der Waals surface area contributed by atoms with Crippen LogP contribution in [0.2, 0.25) is 0 Å². The summed E-state index contributed by atoms with van der Waals surface area (Å²) in [6.45, 7) is 7.67. The first-order chi connectivity index (χ1) is 16.1. The molecule has 0 bridgehead atoms. The molecule has 0 saturated heterocycles. The predicted octanol–water partition coefficient (Wildman–Crippen LogP) is 4.37. The van der Waals surface area contributed by atoms with E-state index >= 15 is 0 Å². The van der Waals surface area contributed by atoms with Crippen LogP contribution in [0.4, 0.5) is 0 Å². The quantitative estimate of drug-likeness (QED) is 0.388. The van der Waals surface area contributed by atoms with Crippen LogP contribution in [-0.2, 0) is 9.59 Å². The third kappa shape index (κ3) is 4.78. The fourth-order valence-electron chi connectivity index (χ4n) is 9.29. The highest BCUT2D eigenvalue weighted by molar-refractivity contribution is 5.75. The van der Waals surface area contributed by atoms with Crippen LogP contribution in [0.5, 0.6) is 0 Å². The molecule has 0 aromatic rings. The van der Waals surface area contributed by atoms with E-state index in [4.69, 9.17) is 5.11 Å². The van der Waals surface area contributed by atoms with E-state index in [-0.39, 0.29) is 35.4 Å². The van der Waals surface area contributed by atoms with E-state index in [1.165, 1.54) is 25.7 Å². The number of hydrogen-bond acceptors (Lipinski definition) is 4. The number of fused-ring (bicyclic) bond motifs is 5. The van der Waals surface area contributed by atoms with E-state index in [0.717, 1.165) is 32.1 Å². The summed E-state index contributed by atoms with van der Waals surface area (Å²) in [5, 5.41) is 33.2. The monoisotopic (exact) mass is 477 g/mol. The van der Waals surface area contributed by atoms with E-state index in [1.54, 1.807) is 0 Å². The summed E-state index contributed by atoms with van der Waals surface area (Å²) in [4.78, 5) is 22.9. The van der Waals surface area contributed by atoms with Crippen molar-refractivity contribution in [1.29, 1.82) is 0 Å². The number of aliphatic hydroxyl groups excluding tert-OH is 2. The number of hydrogen-bond donors (Lipinski definition) is 4. The van der Waals surface area contributed by atoms with Gasteiger partial charge in [-0.3, -0.25) is 9.59 Å². The second-order valence-electron chi connectivity index (χ2n) is 12.8. The van der Waals surface area contributed by atoms with Crippen LogP contribution in [-0.4, -0.2) is 45.9 Å². The second kappa shape index (κ2) is 10.1.